The van der Waals surface area contributed by atoms with E-state index in [1.807, 2.05) is 11.6 Å². The lowest BCUT2D eigenvalue weighted by atomic mass is 10.5. The molecule has 0 aliphatic carbocycles. The first kappa shape index (κ1) is 7.02. The third kappa shape index (κ3) is 0.827. The van der Waals surface area contributed by atoms with E-state index in [0.29, 0.717) is 11.5 Å². The van der Waals surface area contributed by atoms with Crippen molar-refractivity contribution in [1.29, 1.82) is 0 Å². The Hall–Kier alpha value is -1.65. The molecule has 5 heteroatoms. The molecule has 2 aromatic rings. The van der Waals surface area contributed by atoms with Crippen LogP contribution in [0.25, 0.3) is 11.2 Å². The second kappa shape index (κ2) is 2.44. The highest BCUT2D eigenvalue weighted by molar-refractivity contribution is 5.75. The molecule has 5 nitrogen and oxygen atoms in total. The molecule has 0 unspecified atom stereocenters. The van der Waals surface area contributed by atoms with Crippen molar-refractivity contribution in [3.63, 3.8) is 0 Å². The average Bonchev–Trinajstić information content (AvgIpc) is 2.48. The number of fused-ring (bicyclic) bond motifs is 1. The van der Waals surface area contributed by atoms with Crippen LogP contribution >= 0.6 is 0 Å². The molecular weight excluding hydrogens is 156 g/mol. The zero-order valence-corrected chi connectivity index (χ0v) is 6.85. The van der Waals surface area contributed by atoms with Gasteiger partial charge in [-0.15, -0.1) is 0 Å². The van der Waals surface area contributed by atoms with E-state index in [9.17, 15) is 0 Å². The van der Waals surface area contributed by atoms with E-state index >= 15 is 0 Å². The van der Waals surface area contributed by atoms with Crippen molar-refractivity contribution in [2.75, 3.05) is 7.11 Å². The zero-order chi connectivity index (χ0) is 8.55. The molecule has 0 saturated heterocycles. The number of nitrogens with zero attached hydrogens (tertiary/aromatic N) is 4. The fourth-order valence-corrected chi connectivity index (χ4v) is 1.11. The maximum Gasteiger partial charge on any atom is 0.243 e. The van der Waals surface area contributed by atoms with Crippen molar-refractivity contribution in [2.24, 2.45) is 7.05 Å². The second-order valence-corrected chi connectivity index (χ2v) is 2.41. The molecule has 0 fully saturated rings. The third-order valence-corrected chi connectivity index (χ3v) is 1.67. The van der Waals surface area contributed by atoms with Gasteiger partial charge in [0.1, 0.15) is 6.33 Å². The molecule has 0 aromatic carbocycles. The first-order valence-corrected chi connectivity index (χ1v) is 3.49. The van der Waals surface area contributed by atoms with Gasteiger partial charge >= 0.3 is 0 Å². The van der Waals surface area contributed by atoms with E-state index in [0.717, 1.165) is 5.52 Å². The summed E-state index contributed by atoms with van der Waals surface area (Å²) in [5, 5.41) is 0. The number of hydrogen-bond donors (Lipinski definition) is 0. The molecule has 0 spiro atoms. The van der Waals surface area contributed by atoms with E-state index in [-0.39, 0.29) is 0 Å². The van der Waals surface area contributed by atoms with Gasteiger partial charge in [-0.3, -0.25) is 0 Å². The number of rotatable bonds is 1. The van der Waals surface area contributed by atoms with E-state index in [1.165, 1.54) is 6.33 Å². The van der Waals surface area contributed by atoms with Crippen molar-refractivity contribution < 1.29 is 4.74 Å². The highest BCUT2D eigenvalue weighted by Crippen LogP contribution is 2.18. The number of imidazole rings is 1. The summed E-state index contributed by atoms with van der Waals surface area (Å²) < 4.78 is 6.88. The van der Waals surface area contributed by atoms with Crippen LogP contribution in [0.3, 0.4) is 0 Å². The minimum absolute atomic E-state index is 0.556. The van der Waals surface area contributed by atoms with Crippen LogP contribution < -0.4 is 4.74 Å². The molecule has 0 bridgehead atoms. The lowest BCUT2D eigenvalue weighted by molar-refractivity contribution is 0.400. The molecule has 0 aliphatic heterocycles. The Bertz CT molecular complexity index is 409. The largest absolute Gasteiger partial charge is 0.479 e. The van der Waals surface area contributed by atoms with Crippen LogP contribution in [0.15, 0.2) is 12.7 Å². The summed E-state index contributed by atoms with van der Waals surface area (Å²) in [4.78, 5) is 12.0. The van der Waals surface area contributed by atoms with Gasteiger partial charge in [0, 0.05) is 7.05 Å². The predicted molar refractivity (Wildman–Crippen MR) is 42.9 cm³/mol. The maximum absolute atomic E-state index is 5.05. The van der Waals surface area contributed by atoms with Crippen molar-refractivity contribution in [3.8, 4) is 5.88 Å². The van der Waals surface area contributed by atoms with Gasteiger partial charge < -0.3 is 9.30 Å². The van der Waals surface area contributed by atoms with Crippen LogP contribution in [0.4, 0.5) is 0 Å². The van der Waals surface area contributed by atoms with Gasteiger partial charge in [0.15, 0.2) is 11.2 Å². The van der Waals surface area contributed by atoms with Gasteiger partial charge in [0.25, 0.3) is 0 Å². The molecule has 12 heavy (non-hydrogen) atoms. The van der Waals surface area contributed by atoms with Crippen LogP contribution in [0.5, 0.6) is 5.88 Å². The number of ether oxygens (including phenoxy) is 1. The topological polar surface area (TPSA) is 52.8 Å². The van der Waals surface area contributed by atoms with Crippen LogP contribution in [-0.4, -0.2) is 26.6 Å². The summed E-state index contributed by atoms with van der Waals surface area (Å²) in [5.41, 5.74) is 1.48. The van der Waals surface area contributed by atoms with E-state index in [2.05, 4.69) is 15.0 Å². The predicted octanol–water partition coefficient (Wildman–Crippen LogP) is 0.372. The van der Waals surface area contributed by atoms with Gasteiger partial charge in [-0.1, -0.05) is 0 Å². The summed E-state index contributed by atoms with van der Waals surface area (Å²) in [6.07, 6.45) is 3.12. The number of aryl methyl sites for hydroxylation is 1. The Kier molecular flexibility index (Phi) is 1.43. The third-order valence-electron chi connectivity index (χ3n) is 1.67. The summed E-state index contributed by atoms with van der Waals surface area (Å²) >= 11 is 0. The van der Waals surface area contributed by atoms with Gasteiger partial charge in [0.05, 0.1) is 13.4 Å². The van der Waals surface area contributed by atoms with Gasteiger partial charge in [0.2, 0.25) is 5.88 Å². The van der Waals surface area contributed by atoms with Crippen LogP contribution in [0.1, 0.15) is 0 Å². The van der Waals surface area contributed by atoms with E-state index in [4.69, 9.17) is 4.74 Å². The lowest BCUT2D eigenvalue weighted by Crippen LogP contribution is -1.93. The zero-order valence-electron chi connectivity index (χ0n) is 6.85. The van der Waals surface area contributed by atoms with Crippen LogP contribution in [0, 0.1) is 0 Å². The standard InChI is InChI=1S/C7H8N4O/c1-11-4-10-6-5(11)7(12-2)9-3-8-6/h3-4H,1-2H3. The van der Waals surface area contributed by atoms with Gasteiger partial charge in [-0.2, -0.15) is 4.98 Å². The number of hydrogen-bond acceptors (Lipinski definition) is 4. The Morgan fingerprint density at radius 2 is 2.17 bits per heavy atom. The highest BCUT2D eigenvalue weighted by atomic mass is 16.5. The molecule has 62 valence electrons. The SMILES string of the molecule is COc1ncnc2ncn(C)c12. The van der Waals surface area contributed by atoms with Crippen LogP contribution in [0.2, 0.25) is 0 Å². The van der Waals surface area contributed by atoms with Crippen molar-refractivity contribution in [3.05, 3.63) is 12.7 Å². The Morgan fingerprint density at radius 3 is 2.92 bits per heavy atom. The normalized spacial score (nSPS) is 10.5. The smallest absolute Gasteiger partial charge is 0.243 e. The molecule has 0 atom stereocenters. The fourth-order valence-electron chi connectivity index (χ4n) is 1.11. The fraction of sp³-hybridized carbons (Fsp3) is 0.286. The monoisotopic (exact) mass is 164 g/mol. The molecular formula is C7H8N4O. The number of aromatic nitrogens is 4. The second-order valence-electron chi connectivity index (χ2n) is 2.41. The minimum atomic E-state index is 0.556. The Morgan fingerprint density at radius 1 is 1.33 bits per heavy atom. The summed E-state index contributed by atoms with van der Waals surface area (Å²) in [6.45, 7) is 0. The van der Waals surface area contributed by atoms with Crippen molar-refractivity contribution >= 4 is 11.2 Å². The number of methoxy groups -OCH3 is 1. The average molecular weight is 164 g/mol. The molecule has 2 rings (SSSR count). The molecule has 2 aromatic heterocycles. The van der Waals surface area contributed by atoms with Crippen molar-refractivity contribution in [2.45, 2.75) is 0 Å². The van der Waals surface area contributed by atoms with Gasteiger partial charge in [-0.25, -0.2) is 9.97 Å². The quantitative estimate of drug-likeness (QED) is 0.611. The summed E-state index contributed by atoms with van der Waals surface area (Å²) in [7, 11) is 3.45. The molecule has 0 radical (unpaired) electrons. The van der Waals surface area contributed by atoms with E-state index in [1.54, 1.807) is 13.4 Å². The molecule has 0 saturated carbocycles. The maximum atomic E-state index is 5.05. The Balaban J connectivity index is 2.84. The first-order valence-electron chi connectivity index (χ1n) is 3.49. The van der Waals surface area contributed by atoms with Crippen LogP contribution in [-0.2, 0) is 7.05 Å². The molecule has 0 aliphatic rings. The van der Waals surface area contributed by atoms with Gasteiger partial charge in [-0.05, 0) is 0 Å². The molecule has 2 heterocycles. The summed E-state index contributed by atoms with van der Waals surface area (Å²) in [6, 6.07) is 0. The highest BCUT2D eigenvalue weighted by Gasteiger charge is 2.07. The Labute approximate surface area is 69.0 Å². The first-order chi connectivity index (χ1) is 5.83. The van der Waals surface area contributed by atoms with Crippen molar-refractivity contribution in [1.82, 2.24) is 19.5 Å². The molecule has 0 amide bonds. The lowest BCUT2D eigenvalue weighted by Gasteiger charge is -1.99. The summed E-state index contributed by atoms with van der Waals surface area (Å²) in [5.74, 6) is 0.556. The minimum Gasteiger partial charge on any atom is -0.479 e. The molecule has 0 N–H and O–H groups in total. The van der Waals surface area contributed by atoms with E-state index < -0.39 is 0 Å².